The van der Waals surface area contributed by atoms with E-state index in [2.05, 4.69) is 0 Å². The van der Waals surface area contributed by atoms with Gasteiger partial charge in [0.25, 0.3) is 0 Å². The first-order chi connectivity index (χ1) is 11.8. The quantitative estimate of drug-likeness (QED) is 0.573. The Morgan fingerprint density at radius 3 is 1.58 bits per heavy atom. The summed E-state index contributed by atoms with van der Waals surface area (Å²) in [6, 6.07) is 3.21. The Kier molecular flexibility index (Phi) is 6.85. The van der Waals surface area contributed by atoms with Gasteiger partial charge in [0, 0.05) is 11.1 Å². The van der Waals surface area contributed by atoms with Gasteiger partial charge in [-0.3, -0.25) is 0 Å². The Bertz CT molecular complexity index is 589. The molecule has 0 saturated heterocycles. The predicted octanol–water partition coefficient (Wildman–Crippen LogP) is 2.11. The number of phenols is 1. The number of carbonyl (C=O) groups excluding carboxylic acids is 1. The van der Waals surface area contributed by atoms with Crippen molar-refractivity contribution in [3.05, 3.63) is 28.8 Å². The molecule has 0 radical (unpaired) electrons. The van der Waals surface area contributed by atoms with E-state index in [0.29, 0.717) is 11.1 Å². The summed E-state index contributed by atoms with van der Waals surface area (Å²) < 4.78 is 5.24. The number of hydrogen-bond acceptors (Lipinski definition) is 6. The van der Waals surface area contributed by atoms with E-state index in [9.17, 15) is 25.2 Å². The lowest BCUT2D eigenvalue weighted by Crippen LogP contribution is -2.39. The van der Waals surface area contributed by atoms with Crippen LogP contribution in [0, 0.1) is 5.41 Å². The molecule has 0 unspecified atom stereocenters. The van der Waals surface area contributed by atoms with Crippen molar-refractivity contribution in [2.24, 2.45) is 5.41 Å². The molecule has 1 aromatic rings. The minimum Gasteiger partial charge on any atom is -0.507 e. The van der Waals surface area contributed by atoms with Gasteiger partial charge in [-0.2, -0.15) is 0 Å². The standard InChI is InChI=1S/C20H32O6/c1-18(2,3)14-7-13(8-15(16(14)24)19(4,5)6)17(25)26-12-20(9-21,10-22)11-23/h7-8,21-24H,9-12H2,1-6H3. The van der Waals surface area contributed by atoms with E-state index in [1.807, 2.05) is 41.5 Å². The van der Waals surface area contributed by atoms with Gasteiger partial charge in [-0.1, -0.05) is 41.5 Å². The first-order valence-corrected chi connectivity index (χ1v) is 8.69. The summed E-state index contributed by atoms with van der Waals surface area (Å²) in [7, 11) is 0. The normalized spacial score (nSPS) is 13.0. The summed E-state index contributed by atoms with van der Waals surface area (Å²) in [5, 5.41) is 38.7. The highest BCUT2D eigenvalue weighted by Crippen LogP contribution is 2.40. The van der Waals surface area contributed by atoms with Crippen LogP contribution in [-0.4, -0.2) is 52.8 Å². The van der Waals surface area contributed by atoms with Crippen LogP contribution in [0.25, 0.3) is 0 Å². The van der Waals surface area contributed by atoms with Gasteiger partial charge in [-0.15, -0.1) is 0 Å². The predicted molar refractivity (Wildman–Crippen MR) is 99.5 cm³/mol. The molecule has 6 nitrogen and oxygen atoms in total. The van der Waals surface area contributed by atoms with Gasteiger partial charge in [-0.25, -0.2) is 4.79 Å². The third-order valence-electron chi connectivity index (χ3n) is 4.48. The molecule has 0 aromatic heterocycles. The number of phenolic OH excluding ortho intramolecular Hbond substituents is 1. The van der Waals surface area contributed by atoms with Gasteiger partial charge in [0.15, 0.2) is 0 Å². The van der Waals surface area contributed by atoms with Gasteiger partial charge < -0.3 is 25.2 Å². The molecule has 1 aromatic carbocycles. The van der Waals surface area contributed by atoms with E-state index in [1.165, 1.54) is 0 Å². The summed E-state index contributed by atoms with van der Waals surface area (Å²) in [6.45, 7) is 9.81. The lowest BCUT2D eigenvalue weighted by molar-refractivity contribution is -0.0441. The highest BCUT2D eigenvalue weighted by Gasteiger charge is 2.32. The molecule has 1 rings (SSSR count). The second kappa shape index (κ2) is 7.94. The zero-order valence-corrected chi connectivity index (χ0v) is 16.6. The maximum Gasteiger partial charge on any atom is 0.338 e. The molecule has 0 aliphatic carbocycles. The van der Waals surface area contributed by atoms with Crippen molar-refractivity contribution < 1.29 is 30.0 Å². The first-order valence-electron chi connectivity index (χ1n) is 8.69. The average molecular weight is 368 g/mol. The lowest BCUT2D eigenvalue weighted by Gasteiger charge is -2.29. The fourth-order valence-corrected chi connectivity index (χ4v) is 2.48. The Morgan fingerprint density at radius 2 is 1.27 bits per heavy atom. The van der Waals surface area contributed by atoms with Crippen molar-refractivity contribution in [3.63, 3.8) is 0 Å². The number of rotatable bonds is 6. The van der Waals surface area contributed by atoms with E-state index >= 15 is 0 Å². The number of hydrogen-bond donors (Lipinski definition) is 4. The van der Waals surface area contributed by atoms with Gasteiger partial charge in [-0.05, 0) is 23.0 Å². The van der Waals surface area contributed by atoms with Crippen molar-refractivity contribution in [1.29, 1.82) is 0 Å². The maximum absolute atomic E-state index is 12.6. The van der Waals surface area contributed by atoms with E-state index in [-0.39, 0.29) is 28.7 Å². The van der Waals surface area contributed by atoms with Crippen LogP contribution in [0.15, 0.2) is 12.1 Å². The van der Waals surface area contributed by atoms with Crippen LogP contribution in [0.2, 0.25) is 0 Å². The van der Waals surface area contributed by atoms with Gasteiger partial charge >= 0.3 is 5.97 Å². The highest BCUT2D eigenvalue weighted by molar-refractivity contribution is 5.90. The third-order valence-corrected chi connectivity index (χ3v) is 4.48. The zero-order valence-electron chi connectivity index (χ0n) is 16.6. The van der Waals surface area contributed by atoms with Crippen molar-refractivity contribution >= 4 is 5.97 Å². The van der Waals surface area contributed by atoms with Crippen LogP contribution in [0.5, 0.6) is 5.75 Å². The number of carbonyl (C=O) groups is 1. The van der Waals surface area contributed by atoms with Crippen molar-refractivity contribution in [2.75, 3.05) is 26.4 Å². The minimum absolute atomic E-state index is 0.164. The molecule has 6 heteroatoms. The van der Waals surface area contributed by atoms with Crippen molar-refractivity contribution in [3.8, 4) is 5.75 Å². The second-order valence-corrected chi connectivity index (χ2v) is 8.97. The summed E-state index contributed by atoms with van der Waals surface area (Å²) in [5.74, 6) is -0.474. The van der Waals surface area contributed by atoms with Crippen LogP contribution in [0.1, 0.15) is 63.0 Å². The maximum atomic E-state index is 12.6. The molecule has 0 atom stereocenters. The zero-order chi connectivity index (χ0) is 20.3. The molecule has 0 aliphatic rings. The van der Waals surface area contributed by atoms with E-state index in [1.54, 1.807) is 12.1 Å². The molecule has 0 aliphatic heterocycles. The van der Waals surface area contributed by atoms with Crippen LogP contribution in [0.4, 0.5) is 0 Å². The Morgan fingerprint density at radius 1 is 0.885 bits per heavy atom. The molecule has 4 N–H and O–H groups in total. The average Bonchev–Trinajstić information content (AvgIpc) is 2.54. The van der Waals surface area contributed by atoms with Crippen molar-refractivity contribution in [2.45, 2.75) is 52.4 Å². The Balaban J connectivity index is 3.29. The number of aromatic hydroxyl groups is 1. The molecule has 0 saturated carbocycles. The first kappa shape index (κ1) is 22.4. The molecule has 0 spiro atoms. The second-order valence-electron chi connectivity index (χ2n) is 8.97. The summed E-state index contributed by atoms with van der Waals surface area (Å²) >= 11 is 0. The fourth-order valence-electron chi connectivity index (χ4n) is 2.48. The Hall–Kier alpha value is -1.63. The highest BCUT2D eigenvalue weighted by atomic mass is 16.5. The number of aliphatic hydroxyl groups excluding tert-OH is 3. The fraction of sp³-hybridized carbons (Fsp3) is 0.650. The van der Waals surface area contributed by atoms with Gasteiger partial charge in [0.05, 0.1) is 30.8 Å². The van der Waals surface area contributed by atoms with Crippen LogP contribution in [-0.2, 0) is 15.6 Å². The monoisotopic (exact) mass is 368 g/mol. The number of esters is 1. The largest absolute Gasteiger partial charge is 0.507 e. The number of ether oxygens (including phenoxy) is 1. The molecule has 0 bridgehead atoms. The number of aliphatic hydroxyl groups is 3. The summed E-state index contributed by atoms with van der Waals surface area (Å²) in [6.07, 6.45) is 0. The topological polar surface area (TPSA) is 107 Å². The van der Waals surface area contributed by atoms with E-state index in [4.69, 9.17) is 4.74 Å². The summed E-state index contributed by atoms with van der Waals surface area (Å²) in [4.78, 5) is 12.6. The van der Waals surface area contributed by atoms with Gasteiger partial charge in [0.1, 0.15) is 12.4 Å². The molecular weight excluding hydrogens is 336 g/mol. The molecular formula is C20H32O6. The van der Waals surface area contributed by atoms with Crippen LogP contribution in [0.3, 0.4) is 0 Å². The van der Waals surface area contributed by atoms with Crippen LogP contribution >= 0.6 is 0 Å². The molecule has 0 heterocycles. The molecule has 0 fully saturated rings. The van der Waals surface area contributed by atoms with E-state index in [0.717, 1.165) is 0 Å². The summed E-state index contributed by atoms with van der Waals surface area (Å²) in [5.41, 5.74) is -0.507. The smallest absolute Gasteiger partial charge is 0.338 e. The Labute approximate surface area is 155 Å². The minimum atomic E-state index is -1.29. The molecule has 148 valence electrons. The molecule has 26 heavy (non-hydrogen) atoms. The van der Waals surface area contributed by atoms with Crippen LogP contribution < -0.4 is 0 Å². The van der Waals surface area contributed by atoms with E-state index < -0.39 is 31.2 Å². The third kappa shape index (κ3) is 4.96. The van der Waals surface area contributed by atoms with Crippen molar-refractivity contribution in [1.82, 2.24) is 0 Å². The number of benzene rings is 1. The SMILES string of the molecule is CC(C)(C)c1cc(C(=O)OCC(CO)(CO)CO)cc(C(C)(C)C)c1O. The lowest BCUT2D eigenvalue weighted by atomic mass is 9.78. The molecule has 0 amide bonds. The van der Waals surface area contributed by atoms with Gasteiger partial charge in [0.2, 0.25) is 0 Å².